The van der Waals surface area contributed by atoms with Crippen LogP contribution in [0.2, 0.25) is 0 Å². The lowest BCUT2D eigenvalue weighted by Gasteiger charge is -2.54. The van der Waals surface area contributed by atoms with Crippen LogP contribution in [-0.4, -0.2) is 56.8 Å². The van der Waals surface area contributed by atoms with E-state index >= 15 is 0 Å². The van der Waals surface area contributed by atoms with Crippen LogP contribution in [0.5, 0.6) is 0 Å². The van der Waals surface area contributed by atoms with Gasteiger partial charge in [0.05, 0.1) is 22.8 Å². The maximum absolute atomic E-state index is 12.4. The molecule has 3 aliphatic rings. The van der Waals surface area contributed by atoms with Crippen molar-refractivity contribution in [3.63, 3.8) is 0 Å². The first-order valence-electron chi connectivity index (χ1n) is 11.3. The van der Waals surface area contributed by atoms with Crippen LogP contribution in [0.25, 0.3) is 10.9 Å². The average molecular weight is 440 g/mol. The molecule has 3 amide bonds. The summed E-state index contributed by atoms with van der Waals surface area (Å²) in [6, 6.07) is 6.30. The number of nitrogens with zero attached hydrogens (tertiary/aromatic N) is 3. The number of benzene rings is 1. The number of fused-ring (bicyclic) bond motifs is 1. The van der Waals surface area contributed by atoms with E-state index in [1.807, 2.05) is 29.9 Å². The van der Waals surface area contributed by atoms with Crippen molar-refractivity contribution >= 4 is 34.5 Å². The molecule has 1 aromatic heterocycles. The number of aryl methyl sites for hydroxylation is 1. The Hall–Kier alpha value is -3.10. The molecule has 9 heteroatoms. The lowest BCUT2D eigenvalue weighted by Crippen LogP contribution is -2.61. The largest absolute Gasteiger partial charge is 0.465 e. The van der Waals surface area contributed by atoms with E-state index in [0.29, 0.717) is 37.9 Å². The minimum Gasteiger partial charge on any atom is -0.465 e. The number of carbonyl (C=O) groups is 3. The fourth-order valence-corrected chi connectivity index (χ4v) is 5.97. The lowest BCUT2D eigenvalue weighted by atomic mass is 9.64. The second kappa shape index (κ2) is 7.50. The predicted molar refractivity (Wildman–Crippen MR) is 118 cm³/mol. The highest BCUT2D eigenvalue weighted by molar-refractivity contribution is 6.03. The summed E-state index contributed by atoms with van der Waals surface area (Å²) in [5, 5.41) is 20.9. The SMILES string of the molecule is C[C@@H]1CC2(CC[C@@H]1Nc1cccc3c(C4CCC(=O)NC4=O)nn(C)c13)CN(C(=O)O)C2. The van der Waals surface area contributed by atoms with Crippen molar-refractivity contribution in [3.05, 3.63) is 23.9 Å². The summed E-state index contributed by atoms with van der Waals surface area (Å²) in [4.78, 5) is 36.6. The zero-order valence-electron chi connectivity index (χ0n) is 18.4. The van der Waals surface area contributed by atoms with E-state index in [4.69, 9.17) is 0 Å². The van der Waals surface area contributed by atoms with Gasteiger partial charge < -0.3 is 15.3 Å². The summed E-state index contributed by atoms with van der Waals surface area (Å²) in [5.74, 6) is -0.508. The molecular weight excluding hydrogens is 410 g/mol. The van der Waals surface area contributed by atoms with Crippen LogP contribution in [-0.2, 0) is 16.6 Å². The molecule has 32 heavy (non-hydrogen) atoms. The third-order valence-corrected chi connectivity index (χ3v) is 7.55. The van der Waals surface area contributed by atoms with Crippen molar-refractivity contribution < 1.29 is 19.5 Å². The molecule has 9 nitrogen and oxygen atoms in total. The Kier molecular flexibility index (Phi) is 4.87. The first-order chi connectivity index (χ1) is 15.3. The van der Waals surface area contributed by atoms with Gasteiger partial charge in [-0.25, -0.2) is 4.79 Å². The molecule has 1 spiro atoms. The molecule has 1 aliphatic carbocycles. The second-order valence-electron chi connectivity index (χ2n) is 9.82. The number of imide groups is 1. The number of carbonyl (C=O) groups excluding carboxylic acids is 2. The predicted octanol–water partition coefficient (Wildman–Crippen LogP) is 2.67. The highest BCUT2D eigenvalue weighted by Crippen LogP contribution is 2.47. The van der Waals surface area contributed by atoms with E-state index < -0.39 is 12.0 Å². The van der Waals surface area contributed by atoms with Gasteiger partial charge in [-0.2, -0.15) is 5.10 Å². The summed E-state index contributed by atoms with van der Waals surface area (Å²) >= 11 is 0. The van der Waals surface area contributed by atoms with Crippen LogP contribution in [0.4, 0.5) is 10.5 Å². The highest BCUT2D eigenvalue weighted by Gasteiger charge is 2.49. The van der Waals surface area contributed by atoms with Crippen LogP contribution in [0.15, 0.2) is 18.2 Å². The van der Waals surface area contributed by atoms with Gasteiger partial charge in [-0.1, -0.05) is 19.1 Å². The number of piperidine rings is 1. The molecule has 3 N–H and O–H groups in total. The van der Waals surface area contributed by atoms with E-state index in [1.165, 1.54) is 4.90 Å². The number of hydrogen-bond donors (Lipinski definition) is 3. The fraction of sp³-hybridized carbons (Fsp3) is 0.565. The standard InChI is InChI=1S/C23H29N5O4/c1-13-10-23(11-28(12-23)22(31)32)9-8-16(13)24-17-5-3-4-14-19(26-27(2)20(14)17)15-6-7-18(29)25-21(15)30/h3-5,13,15-16,24H,6-12H2,1-2H3,(H,31,32)(H,25,29,30)/t13-,15?,16+/m1/s1. The van der Waals surface area contributed by atoms with Crippen molar-refractivity contribution in [2.75, 3.05) is 18.4 Å². The molecule has 3 heterocycles. The van der Waals surface area contributed by atoms with Crippen molar-refractivity contribution in [1.82, 2.24) is 20.0 Å². The van der Waals surface area contributed by atoms with Crippen molar-refractivity contribution in [2.45, 2.75) is 51.0 Å². The molecule has 0 radical (unpaired) electrons. The van der Waals surface area contributed by atoms with Gasteiger partial charge in [-0.3, -0.25) is 19.6 Å². The number of anilines is 1. The maximum atomic E-state index is 12.4. The Morgan fingerprint density at radius 2 is 2.06 bits per heavy atom. The van der Waals surface area contributed by atoms with E-state index in [1.54, 1.807) is 0 Å². The third kappa shape index (κ3) is 3.40. The first kappa shape index (κ1) is 20.8. The number of rotatable bonds is 3. The summed E-state index contributed by atoms with van der Waals surface area (Å²) in [5.41, 5.74) is 2.80. The number of likely N-dealkylation sites (tertiary alicyclic amines) is 1. The minimum atomic E-state index is -0.821. The quantitative estimate of drug-likeness (QED) is 0.633. The van der Waals surface area contributed by atoms with E-state index in [0.717, 1.165) is 41.5 Å². The monoisotopic (exact) mass is 439 g/mol. The van der Waals surface area contributed by atoms with Gasteiger partial charge >= 0.3 is 6.09 Å². The van der Waals surface area contributed by atoms with Crippen molar-refractivity contribution in [2.24, 2.45) is 18.4 Å². The molecule has 5 rings (SSSR count). The van der Waals surface area contributed by atoms with Crippen LogP contribution in [0, 0.1) is 11.3 Å². The molecule has 3 atom stereocenters. The number of carboxylic acid groups (broad SMARTS) is 1. The summed E-state index contributed by atoms with van der Waals surface area (Å²) in [6.07, 6.45) is 3.00. The normalized spacial score (nSPS) is 27.3. The number of amides is 3. The third-order valence-electron chi connectivity index (χ3n) is 7.55. The fourth-order valence-electron chi connectivity index (χ4n) is 5.97. The Labute approximate surface area is 186 Å². The van der Waals surface area contributed by atoms with Gasteiger partial charge in [0.25, 0.3) is 0 Å². The van der Waals surface area contributed by atoms with E-state index in [-0.39, 0.29) is 17.2 Å². The molecule has 2 saturated heterocycles. The molecule has 1 unspecified atom stereocenters. The Morgan fingerprint density at radius 1 is 1.28 bits per heavy atom. The van der Waals surface area contributed by atoms with Gasteiger partial charge in [0.1, 0.15) is 0 Å². The van der Waals surface area contributed by atoms with Gasteiger partial charge in [-0.05, 0) is 37.7 Å². The number of nitrogens with one attached hydrogen (secondary N) is 2. The summed E-state index contributed by atoms with van der Waals surface area (Å²) in [6.45, 7) is 3.53. The minimum absolute atomic E-state index is 0.132. The van der Waals surface area contributed by atoms with Gasteiger partial charge in [0.2, 0.25) is 11.8 Å². The Morgan fingerprint density at radius 3 is 2.75 bits per heavy atom. The zero-order chi connectivity index (χ0) is 22.6. The van der Waals surface area contributed by atoms with Crippen LogP contribution >= 0.6 is 0 Å². The van der Waals surface area contributed by atoms with Gasteiger partial charge in [0.15, 0.2) is 0 Å². The van der Waals surface area contributed by atoms with Crippen LogP contribution < -0.4 is 10.6 Å². The molecule has 170 valence electrons. The van der Waals surface area contributed by atoms with Crippen molar-refractivity contribution in [3.8, 4) is 0 Å². The number of para-hydroxylation sites is 1. The molecule has 2 aliphatic heterocycles. The second-order valence-corrected chi connectivity index (χ2v) is 9.82. The van der Waals surface area contributed by atoms with Gasteiger partial charge in [0, 0.05) is 43.4 Å². The number of aromatic nitrogens is 2. The molecule has 2 aromatic rings. The molecule has 1 aromatic carbocycles. The van der Waals surface area contributed by atoms with Crippen molar-refractivity contribution in [1.29, 1.82) is 0 Å². The smallest absolute Gasteiger partial charge is 0.407 e. The highest BCUT2D eigenvalue weighted by atomic mass is 16.4. The molecule has 3 fully saturated rings. The van der Waals surface area contributed by atoms with Gasteiger partial charge in [-0.15, -0.1) is 0 Å². The molecular formula is C23H29N5O4. The van der Waals surface area contributed by atoms with E-state index in [2.05, 4.69) is 22.7 Å². The van der Waals surface area contributed by atoms with E-state index in [9.17, 15) is 19.5 Å². The topological polar surface area (TPSA) is 117 Å². The summed E-state index contributed by atoms with van der Waals surface area (Å²) < 4.78 is 1.82. The van der Waals surface area contributed by atoms with Crippen LogP contribution in [0.3, 0.4) is 0 Å². The zero-order valence-corrected chi connectivity index (χ0v) is 18.4. The molecule has 1 saturated carbocycles. The molecule has 0 bridgehead atoms. The Balaban J connectivity index is 1.36. The number of hydrogen-bond acceptors (Lipinski definition) is 5. The van der Waals surface area contributed by atoms with Crippen LogP contribution in [0.1, 0.15) is 50.6 Å². The maximum Gasteiger partial charge on any atom is 0.407 e. The lowest BCUT2D eigenvalue weighted by molar-refractivity contribution is -0.134. The Bertz CT molecular complexity index is 1100. The average Bonchev–Trinajstić information content (AvgIpc) is 3.05. The first-order valence-corrected chi connectivity index (χ1v) is 11.3. The summed E-state index contributed by atoms with van der Waals surface area (Å²) in [7, 11) is 1.89.